The lowest BCUT2D eigenvalue weighted by Gasteiger charge is -2.34. The molecule has 0 spiro atoms. The third-order valence-electron chi connectivity index (χ3n) is 4.71. The molecule has 1 aliphatic rings. The Kier molecular flexibility index (Phi) is 6.59. The lowest BCUT2D eigenvalue weighted by molar-refractivity contribution is -0.133. The van der Waals surface area contributed by atoms with Gasteiger partial charge in [-0.25, -0.2) is 0 Å². The van der Waals surface area contributed by atoms with Crippen molar-refractivity contribution in [3.05, 3.63) is 28.8 Å². The summed E-state index contributed by atoms with van der Waals surface area (Å²) in [5, 5.41) is 0.601. The number of rotatable bonds is 5. The van der Waals surface area contributed by atoms with Crippen LogP contribution < -0.4 is 4.90 Å². The lowest BCUT2D eigenvalue weighted by Crippen LogP contribution is -2.44. The van der Waals surface area contributed by atoms with Crippen molar-refractivity contribution in [3.8, 4) is 0 Å². The summed E-state index contributed by atoms with van der Waals surface area (Å²) >= 11 is 6.22. The van der Waals surface area contributed by atoms with Crippen LogP contribution in [0.3, 0.4) is 0 Å². The molecule has 1 aromatic rings. The molecule has 1 aliphatic heterocycles. The van der Waals surface area contributed by atoms with Crippen LogP contribution in [0.15, 0.2) is 18.2 Å². The molecule has 0 aromatic heterocycles. The molecular formula is C19H25ClN2O3. The van der Waals surface area contributed by atoms with Crippen LogP contribution in [-0.2, 0) is 14.4 Å². The number of nitrogens with zero attached hydrogens (tertiary/aromatic N) is 2. The second-order valence-corrected chi connectivity index (χ2v) is 7.06. The second-order valence-electron chi connectivity index (χ2n) is 6.66. The third kappa shape index (κ3) is 5.05. The number of piperidine rings is 1. The van der Waals surface area contributed by atoms with E-state index in [1.807, 2.05) is 19.1 Å². The van der Waals surface area contributed by atoms with Crippen LogP contribution in [-0.4, -0.2) is 42.1 Å². The SMILES string of the molecule is CC(=O)CCN(C(=O)C1CCN(C(C)=O)CC1)c1ccc(C)c(Cl)c1. The standard InChI is InChI=1S/C19H25ClN2O3/c1-13-4-5-17(12-18(13)20)22(11-6-14(2)23)19(25)16-7-9-21(10-8-16)15(3)24/h4-5,12,16H,6-11H2,1-3H3. The van der Waals surface area contributed by atoms with Gasteiger partial charge in [-0.3, -0.25) is 14.4 Å². The Hall–Kier alpha value is -1.88. The average molecular weight is 365 g/mol. The molecule has 5 nitrogen and oxygen atoms in total. The van der Waals surface area contributed by atoms with Gasteiger partial charge < -0.3 is 9.80 Å². The number of benzene rings is 1. The number of Topliss-reactive ketones (excluding diaryl/α,β-unsaturated/α-hetero) is 1. The highest BCUT2D eigenvalue weighted by atomic mass is 35.5. The lowest BCUT2D eigenvalue weighted by atomic mass is 9.94. The molecule has 1 aromatic carbocycles. The number of aryl methyl sites for hydroxylation is 1. The van der Waals surface area contributed by atoms with E-state index in [2.05, 4.69) is 0 Å². The highest BCUT2D eigenvalue weighted by Gasteiger charge is 2.30. The number of carbonyl (C=O) groups excluding carboxylic acids is 3. The number of likely N-dealkylation sites (tertiary alicyclic amines) is 1. The Morgan fingerprint density at radius 2 is 1.84 bits per heavy atom. The fourth-order valence-corrected chi connectivity index (χ4v) is 3.22. The first-order chi connectivity index (χ1) is 11.8. The summed E-state index contributed by atoms with van der Waals surface area (Å²) in [7, 11) is 0. The molecule has 25 heavy (non-hydrogen) atoms. The Morgan fingerprint density at radius 3 is 2.36 bits per heavy atom. The van der Waals surface area contributed by atoms with Crippen molar-refractivity contribution in [3.63, 3.8) is 0 Å². The monoisotopic (exact) mass is 364 g/mol. The summed E-state index contributed by atoms with van der Waals surface area (Å²) in [6.07, 6.45) is 1.60. The molecule has 0 radical (unpaired) electrons. The van der Waals surface area contributed by atoms with Gasteiger partial charge in [0.15, 0.2) is 0 Å². The van der Waals surface area contributed by atoms with E-state index in [0.29, 0.717) is 43.9 Å². The number of amides is 2. The van der Waals surface area contributed by atoms with Crippen LogP contribution in [0.2, 0.25) is 5.02 Å². The molecule has 0 atom stereocenters. The van der Waals surface area contributed by atoms with Gasteiger partial charge in [0.05, 0.1) is 0 Å². The smallest absolute Gasteiger partial charge is 0.230 e. The predicted molar refractivity (Wildman–Crippen MR) is 98.8 cm³/mol. The fourth-order valence-electron chi connectivity index (χ4n) is 3.05. The summed E-state index contributed by atoms with van der Waals surface area (Å²) in [4.78, 5) is 39.4. The fraction of sp³-hybridized carbons (Fsp3) is 0.526. The van der Waals surface area contributed by atoms with Gasteiger partial charge in [0.25, 0.3) is 0 Å². The molecule has 2 rings (SSSR count). The molecular weight excluding hydrogens is 340 g/mol. The first-order valence-electron chi connectivity index (χ1n) is 8.62. The van der Waals surface area contributed by atoms with Gasteiger partial charge >= 0.3 is 0 Å². The molecule has 0 bridgehead atoms. The first-order valence-corrected chi connectivity index (χ1v) is 9.00. The largest absolute Gasteiger partial charge is 0.343 e. The van der Waals surface area contributed by atoms with Crippen molar-refractivity contribution in [2.75, 3.05) is 24.5 Å². The zero-order chi connectivity index (χ0) is 18.6. The van der Waals surface area contributed by atoms with Crippen LogP contribution in [0.4, 0.5) is 5.69 Å². The van der Waals surface area contributed by atoms with Crippen molar-refractivity contribution in [2.45, 2.75) is 40.0 Å². The Labute approximate surface area is 153 Å². The number of hydrogen-bond acceptors (Lipinski definition) is 3. The normalized spacial score (nSPS) is 15.1. The Balaban J connectivity index is 2.17. The van der Waals surface area contributed by atoms with Crippen LogP contribution in [0.5, 0.6) is 0 Å². The number of halogens is 1. The van der Waals surface area contributed by atoms with E-state index in [4.69, 9.17) is 11.6 Å². The maximum atomic E-state index is 13.1. The minimum absolute atomic E-state index is 0.00405. The van der Waals surface area contributed by atoms with Gasteiger partial charge in [0, 0.05) is 49.6 Å². The maximum Gasteiger partial charge on any atom is 0.230 e. The molecule has 136 valence electrons. The van der Waals surface area contributed by atoms with Crippen molar-refractivity contribution in [2.24, 2.45) is 5.92 Å². The highest BCUT2D eigenvalue weighted by molar-refractivity contribution is 6.31. The summed E-state index contributed by atoms with van der Waals surface area (Å²) in [6, 6.07) is 5.52. The number of hydrogen-bond donors (Lipinski definition) is 0. The number of anilines is 1. The molecule has 6 heteroatoms. The van der Waals surface area contributed by atoms with E-state index in [9.17, 15) is 14.4 Å². The van der Waals surface area contributed by atoms with Gasteiger partial charge in [-0.2, -0.15) is 0 Å². The topological polar surface area (TPSA) is 57.7 Å². The zero-order valence-corrected chi connectivity index (χ0v) is 15.8. The first kappa shape index (κ1) is 19.4. The minimum atomic E-state index is -0.136. The van der Waals surface area contributed by atoms with Crippen molar-refractivity contribution in [1.82, 2.24) is 4.90 Å². The van der Waals surface area contributed by atoms with Crippen molar-refractivity contribution in [1.29, 1.82) is 0 Å². The molecule has 1 saturated heterocycles. The zero-order valence-electron chi connectivity index (χ0n) is 15.0. The van der Waals surface area contributed by atoms with E-state index in [1.54, 1.807) is 22.8 Å². The van der Waals surface area contributed by atoms with E-state index in [1.165, 1.54) is 6.92 Å². The van der Waals surface area contributed by atoms with Crippen molar-refractivity contribution >= 4 is 34.9 Å². The average Bonchev–Trinajstić information content (AvgIpc) is 2.57. The minimum Gasteiger partial charge on any atom is -0.343 e. The number of carbonyl (C=O) groups is 3. The van der Waals surface area contributed by atoms with Crippen LogP contribution in [0.25, 0.3) is 0 Å². The van der Waals surface area contributed by atoms with Crippen LogP contribution >= 0.6 is 11.6 Å². The summed E-state index contributed by atoms with van der Waals surface area (Å²) in [6.45, 7) is 6.53. The molecule has 0 saturated carbocycles. The van der Waals surface area contributed by atoms with E-state index in [0.717, 1.165) is 11.3 Å². The summed E-state index contributed by atoms with van der Waals surface area (Å²) in [5.41, 5.74) is 1.66. The Morgan fingerprint density at radius 1 is 1.20 bits per heavy atom. The summed E-state index contributed by atoms with van der Waals surface area (Å²) < 4.78 is 0. The Bertz CT molecular complexity index is 667. The van der Waals surface area contributed by atoms with Gasteiger partial charge in [-0.1, -0.05) is 17.7 Å². The molecule has 0 aliphatic carbocycles. The van der Waals surface area contributed by atoms with E-state index >= 15 is 0 Å². The quantitative estimate of drug-likeness (QED) is 0.806. The third-order valence-corrected chi connectivity index (χ3v) is 5.12. The van der Waals surface area contributed by atoms with Gasteiger partial charge in [0.2, 0.25) is 11.8 Å². The van der Waals surface area contributed by atoms with Gasteiger partial charge in [0.1, 0.15) is 5.78 Å². The van der Waals surface area contributed by atoms with E-state index < -0.39 is 0 Å². The molecule has 2 amide bonds. The van der Waals surface area contributed by atoms with E-state index in [-0.39, 0.29) is 23.5 Å². The van der Waals surface area contributed by atoms with Crippen molar-refractivity contribution < 1.29 is 14.4 Å². The van der Waals surface area contributed by atoms with Gasteiger partial charge in [-0.05, 0) is 44.4 Å². The van der Waals surface area contributed by atoms with Crippen LogP contribution in [0.1, 0.15) is 38.7 Å². The molecule has 1 heterocycles. The molecule has 0 N–H and O–H groups in total. The predicted octanol–water partition coefficient (Wildman–Crippen LogP) is 3.22. The maximum absolute atomic E-state index is 13.1. The number of ketones is 1. The molecule has 1 fully saturated rings. The summed E-state index contributed by atoms with van der Waals surface area (Å²) in [5.74, 6) is -0.0425. The second kappa shape index (κ2) is 8.48. The van der Waals surface area contributed by atoms with Crippen LogP contribution in [0, 0.1) is 12.8 Å². The highest BCUT2D eigenvalue weighted by Crippen LogP contribution is 2.27. The molecule has 0 unspecified atom stereocenters. The van der Waals surface area contributed by atoms with Gasteiger partial charge in [-0.15, -0.1) is 0 Å².